The van der Waals surface area contributed by atoms with E-state index in [0.717, 1.165) is 11.3 Å². The molecule has 0 spiro atoms. The summed E-state index contributed by atoms with van der Waals surface area (Å²) in [5.41, 5.74) is 6.83. The van der Waals surface area contributed by atoms with Gasteiger partial charge in [-0.25, -0.2) is 14.6 Å². The van der Waals surface area contributed by atoms with Gasteiger partial charge in [-0.05, 0) is 42.8 Å². The van der Waals surface area contributed by atoms with E-state index >= 15 is 0 Å². The molecule has 43 heavy (non-hydrogen) atoms. The Morgan fingerprint density at radius 2 is 1.77 bits per heavy atom. The van der Waals surface area contributed by atoms with Gasteiger partial charge in [-0.1, -0.05) is 41.7 Å². The maximum absolute atomic E-state index is 14.2. The molecule has 0 bridgehead atoms. The van der Waals surface area contributed by atoms with Gasteiger partial charge in [0.1, 0.15) is 16.8 Å². The molecule has 2 aromatic carbocycles. The van der Waals surface area contributed by atoms with Crippen molar-refractivity contribution in [3.63, 3.8) is 0 Å². The summed E-state index contributed by atoms with van der Waals surface area (Å²) in [5, 5.41) is 0. The Morgan fingerprint density at radius 1 is 1.02 bits per heavy atom. The molecule has 2 N–H and O–H groups in total. The van der Waals surface area contributed by atoms with Gasteiger partial charge >= 0.3 is 11.9 Å². The van der Waals surface area contributed by atoms with Crippen LogP contribution >= 0.6 is 11.3 Å². The van der Waals surface area contributed by atoms with Crippen molar-refractivity contribution in [3.8, 4) is 5.75 Å². The largest absolute Gasteiger partial charge is 0.466 e. The van der Waals surface area contributed by atoms with E-state index in [-0.39, 0.29) is 38.5 Å². The molecule has 4 aromatic rings. The molecule has 2 aliphatic heterocycles. The lowest BCUT2D eigenvalue weighted by Gasteiger charge is -2.24. The van der Waals surface area contributed by atoms with Crippen molar-refractivity contribution in [2.75, 3.05) is 18.6 Å². The standard InChI is InChI=1S/C30H22N4O8S/c1-15-22(29(39)40-2)24(16-9-11-17(12-10-16)42-28(38)20-8-5-13-41-20)34-27(37)25(43-30(34)32-15)23-18-6-3-4-7-19(18)33(26(23)36)14-21(31)35/h3-13,24H,14H2,1-2H3,(H2,31,35). The lowest BCUT2D eigenvalue weighted by molar-refractivity contribution is -0.136. The Bertz CT molecular complexity index is 2040. The second kappa shape index (κ2) is 10.7. The van der Waals surface area contributed by atoms with Gasteiger partial charge in [-0.2, -0.15) is 0 Å². The van der Waals surface area contributed by atoms with Crippen LogP contribution in [0.15, 0.2) is 92.4 Å². The number of amides is 2. The van der Waals surface area contributed by atoms with Crippen LogP contribution in [0.2, 0.25) is 0 Å². The van der Waals surface area contributed by atoms with Crippen molar-refractivity contribution >= 4 is 46.4 Å². The summed E-state index contributed by atoms with van der Waals surface area (Å²) in [4.78, 5) is 70.8. The first-order valence-corrected chi connectivity index (χ1v) is 13.7. The summed E-state index contributed by atoms with van der Waals surface area (Å²) in [6.45, 7) is 1.27. The molecule has 6 rings (SSSR count). The first-order chi connectivity index (χ1) is 20.7. The number of esters is 2. The fourth-order valence-electron chi connectivity index (χ4n) is 5.14. The Labute approximate surface area is 246 Å². The number of carbonyl (C=O) groups excluding carboxylic acids is 4. The lowest BCUT2D eigenvalue weighted by Crippen LogP contribution is -2.41. The van der Waals surface area contributed by atoms with E-state index in [1.807, 2.05) is 0 Å². The average Bonchev–Trinajstić information content (AvgIpc) is 3.70. The molecule has 13 heteroatoms. The van der Waals surface area contributed by atoms with Gasteiger partial charge in [0, 0.05) is 5.56 Å². The number of fused-ring (bicyclic) bond motifs is 2. The molecule has 4 heterocycles. The summed E-state index contributed by atoms with van der Waals surface area (Å²) in [5.74, 6) is -2.39. The number of allylic oxidation sites excluding steroid dienone is 1. The van der Waals surface area contributed by atoms with E-state index in [0.29, 0.717) is 22.5 Å². The van der Waals surface area contributed by atoms with Crippen molar-refractivity contribution in [1.29, 1.82) is 0 Å². The van der Waals surface area contributed by atoms with Crippen LogP contribution < -0.4 is 30.3 Å². The summed E-state index contributed by atoms with van der Waals surface area (Å²) >= 11 is 0.998. The highest BCUT2D eigenvalue weighted by Gasteiger charge is 2.37. The molecular weight excluding hydrogens is 576 g/mol. The third kappa shape index (κ3) is 4.65. The predicted molar refractivity (Wildman–Crippen MR) is 153 cm³/mol. The normalized spacial score (nSPS) is 16.8. The fraction of sp³-hybridized carbons (Fsp3) is 0.133. The number of para-hydroxylation sites is 1. The molecule has 0 radical (unpaired) electrons. The number of anilines is 1. The van der Waals surface area contributed by atoms with Crippen molar-refractivity contribution < 1.29 is 33.1 Å². The van der Waals surface area contributed by atoms with Crippen LogP contribution in [0.3, 0.4) is 0 Å². The number of hydrogen-bond donors (Lipinski definition) is 1. The summed E-state index contributed by atoms with van der Waals surface area (Å²) in [6.07, 6.45) is 1.35. The van der Waals surface area contributed by atoms with Gasteiger partial charge in [0.2, 0.25) is 11.7 Å². The zero-order valence-corrected chi connectivity index (χ0v) is 23.5. The summed E-state index contributed by atoms with van der Waals surface area (Å²) in [7, 11) is 1.23. The summed E-state index contributed by atoms with van der Waals surface area (Å²) < 4.78 is 16.9. The van der Waals surface area contributed by atoms with Crippen LogP contribution in [0.5, 0.6) is 5.75 Å². The van der Waals surface area contributed by atoms with Crippen molar-refractivity contribution in [1.82, 2.24) is 4.57 Å². The van der Waals surface area contributed by atoms with Crippen molar-refractivity contribution in [2.24, 2.45) is 10.7 Å². The number of carbonyl (C=O) groups is 4. The van der Waals surface area contributed by atoms with Crippen LogP contribution in [0.4, 0.5) is 5.69 Å². The van der Waals surface area contributed by atoms with Gasteiger partial charge in [-0.3, -0.25) is 23.9 Å². The van der Waals surface area contributed by atoms with Crippen molar-refractivity contribution in [2.45, 2.75) is 13.0 Å². The monoisotopic (exact) mass is 598 g/mol. The van der Waals surface area contributed by atoms with E-state index in [9.17, 15) is 24.0 Å². The molecule has 12 nitrogen and oxygen atoms in total. The number of nitrogens with two attached hydrogens (primary N) is 1. The van der Waals surface area contributed by atoms with E-state index in [4.69, 9.17) is 19.6 Å². The minimum absolute atomic E-state index is 0.0291. The predicted octanol–water partition coefficient (Wildman–Crippen LogP) is 1.42. The zero-order chi connectivity index (χ0) is 30.4. The maximum atomic E-state index is 14.2. The van der Waals surface area contributed by atoms with Crippen LogP contribution in [-0.2, 0) is 19.1 Å². The molecule has 2 amide bonds. The van der Waals surface area contributed by atoms with E-state index in [1.165, 1.54) is 41.0 Å². The number of rotatable bonds is 6. The lowest BCUT2D eigenvalue weighted by atomic mass is 9.96. The SMILES string of the molecule is COC(=O)C1=C(C)N=c2sc(=C3C(=O)N(CC(N)=O)c4ccccc43)c(=O)n2C1c1ccc(OC(=O)c2ccco2)cc1. The first-order valence-electron chi connectivity index (χ1n) is 12.9. The highest BCUT2D eigenvalue weighted by atomic mass is 32.1. The molecule has 0 saturated heterocycles. The smallest absolute Gasteiger partial charge is 0.379 e. The fourth-order valence-corrected chi connectivity index (χ4v) is 6.28. The number of hydrogen-bond acceptors (Lipinski definition) is 10. The number of nitrogens with zero attached hydrogens (tertiary/aromatic N) is 3. The van der Waals surface area contributed by atoms with Crippen LogP contribution in [0, 0.1) is 0 Å². The third-order valence-electron chi connectivity index (χ3n) is 7.00. The maximum Gasteiger partial charge on any atom is 0.379 e. The van der Waals surface area contributed by atoms with E-state index in [2.05, 4.69) is 4.99 Å². The number of ether oxygens (including phenoxy) is 2. The third-order valence-corrected chi connectivity index (χ3v) is 8.05. The van der Waals surface area contributed by atoms with Crippen molar-refractivity contribution in [3.05, 3.63) is 115 Å². The van der Waals surface area contributed by atoms with Gasteiger partial charge in [0.25, 0.3) is 11.5 Å². The average molecular weight is 599 g/mol. The second-order valence-corrected chi connectivity index (χ2v) is 10.6. The number of thiazole rings is 1. The number of primary amides is 1. The zero-order valence-electron chi connectivity index (χ0n) is 22.7. The minimum Gasteiger partial charge on any atom is -0.466 e. The Morgan fingerprint density at radius 3 is 2.44 bits per heavy atom. The molecule has 0 fully saturated rings. The highest BCUT2D eigenvalue weighted by Crippen LogP contribution is 2.35. The molecule has 216 valence electrons. The number of furan rings is 1. The van der Waals surface area contributed by atoms with Gasteiger partial charge in [0.15, 0.2) is 4.80 Å². The van der Waals surface area contributed by atoms with Gasteiger partial charge < -0.3 is 19.6 Å². The molecule has 2 aromatic heterocycles. The Kier molecular flexibility index (Phi) is 6.86. The van der Waals surface area contributed by atoms with E-state index in [1.54, 1.807) is 49.4 Å². The second-order valence-electron chi connectivity index (χ2n) is 9.58. The Balaban J connectivity index is 1.50. The first kappa shape index (κ1) is 27.6. The quantitative estimate of drug-likeness (QED) is 0.257. The highest BCUT2D eigenvalue weighted by molar-refractivity contribution is 7.07. The molecular formula is C30H22N4O8S. The number of benzene rings is 2. The molecule has 1 unspecified atom stereocenters. The number of aromatic nitrogens is 1. The van der Waals surface area contributed by atoms with Crippen LogP contribution in [0.25, 0.3) is 5.57 Å². The van der Waals surface area contributed by atoms with E-state index < -0.39 is 35.4 Å². The molecule has 1 atom stereocenters. The van der Waals surface area contributed by atoms with Crippen LogP contribution in [-0.4, -0.2) is 42.0 Å². The Hall–Kier alpha value is -5.56. The van der Waals surface area contributed by atoms with Gasteiger partial charge in [-0.15, -0.1) is 0 Å². The minimum atomic E-state index is -0.971. The summed E-state index contributed by atoms with van der Waals surface area (Å²) in [6, 6.07) is 15.1. The molecule has 0 aliphatic carbocycles. The molecule has 2 aliphatic rings. The van der Waals surface area contributed by atoms with Gasteiger partial charge in [0.05, 0.1) is 41.9 Å². The number of methoxy groups -OCH3 is 1. The topological polar surface area (TPSA) is 164 Å². The molecule has 0 saturated carbocycles. The van der Waals surface area contributed by atoms with Crippen LogP contribution in [0.1, 0.15) is 34.6 Å².